The molecule has 25 heavy (non-hydrogen) atoms. The molecule has 0 amide bonds. The molecule has 0 saturated carbocycles. The molecular weight excluding hydrogens is 317 g/mol. The molecule has 2 unspecified atom stereocenters. The molecule has 2 atom stereocenters. The number of halogens is 1. The fourth-order valence-electron chi connectivity index (χ4n) is 4.05. The lowest BCUT2D eigenvalue weighted by atomic mass is 9.72. The second kappa shape index (κ2) is 7.36. The van der Waals surface area contributed by atoms with E-state index in [9.17, 15) is 14.3 Å². The van der Waals surface area contributed by atoms with E-state index >= 15 is 0 Å². The third kappa shape index (κ3) is 3.90. The van der Waals surface area contributed by atoms with Crippen LogP contribution in [-0.4, -0.2) is 36.6 Å². The molecule has 0 aromatic heterocycles. The minimum absolute atomic E-state index is 0.0756. The summed E-state index contributed by atoms with van der Waals surface area (Å²) in [5.41, 5.74) is 3.44. The van der Waals surface area contributed by atoms with Crippen molar-refractivity contribution >= 4 is 5.97 Å². The zero-order valence-electron chi connectivity index (χ0n) is 14.7. The van der Waals surface area contributed by atoms with E-state index in [1.165, 1.54) is 17.2 Å². The van der Waals surface area contributed by atoms with Crippen LogP contribution in [0.1, 0.15) is 39.4 Å². The van der Waals surface area contributed by atoms with Gasteiger partial charge in [0, 0.05) is 6.54 Å². The van der Waals surface area contributed by atoms with Crippen LogP contribution in [0, 0.1) is 11.7 Å². The highest BCUT2D eigenvalue weighted by Crippen LogP contribution is 2.39. The van der Waals surface area contributed by atoms with Gasteiger partial charge in [-0.1, -0.05) is 30.3 Å². The zero-order valence-corrected chi connectivity index (χ0v) is 14.7. The summed E-state index contributed by atoms with van der Waals surface area (Å²) in [6, 6.07) is 12.5. The normalized spacial score (nSPS) is 19.7. The van der Waals surface area contributed by atoms with Crippen LogP contribution in [0.5, 0.6) is 0 Å². The van der Waals surface area contributed by atoms with E-state index < -0.39 is 11.8 Å². The second-order valence-corrected chi connectivity index (χ2v) is 7.18. The molecule has 2 aromatic rings. The first-order valence-corrected chi connectivity index (χ1v) is 8.70. The average molecular weight is 341 g/mol. The molecule has 0 aliphatic heterocycles. The van der Waals surface area contributed by atoms with Crippen LogP contribution in [0.4, 0.5) is 4.39 Å². The van der Waals surface area contributed by atoms with Crippen molar-refractivity contribution in [3.05, 3.63) is 70.5 Å². The van der Waals surface area contributed by atoms with Crippen molar-refractivity contribution in [2.75, 3.05) is 20.6 Å². The van der Waals surface area contributed by atoms with E-state index in [0.29, 0.717) is 17.9 Å². The minimum Gasteiger partial charge on any atom is -0.478 e. The first kappa shape index (κ1) is 17.6. The Morgan fingerprint density at radius 3 is 2.72 bits per heavy atom. The molecule has 0 fully saturated rings. The predicted octanol–water partition coefficient (Wildman–Crippen LogP) is 3.97. The van der Waals surface area contributed by atoms with Crippen LogP contribution in [0.25, 0.3) is 0 Å². The third-order valence-corrected chi connectivity index (χ3v) is 5.15. The smallest absolute Gasteiger partial charge is 0.336 e. The van der Waals surface area contributed by atoms with Gasteiger partial charge in [-0.05, 0) is 74.0 Å². The number of benzene rings is 2. The fraction of sp³-hybridized carbons (Fsp3) is 0.381. The Morgan fingerprint density at radius 2 is 2.00 bits per heavy atom. The van der Waals surface area contributed by atoms with Crippen LogP contribution in [0.2, 0.25) is 0 Å². The van der Waals surface area contributed by atoms with Gasteiger partial charge in [-0.15, -0.1) is 0 Å². The van der Waals surface area contributed by atoms with Crippen molar-refractivity contribution in [3.8, 4) is 0 Å². The van der Waals surface area contributed by atoms with Crippen LogP contribution >= 0.6 is 0 Å². The lowest BCUT2D eigenvalue weighted by Gasteiger charge is -2.35. The average Bonchev–Trinajstić information content (AvgIpc) is 2.57. The maximum absolute atomic E-state index is 13.5. The van der Waals surface area contributed by atoms with E-state index in [-0.39, 0.29) is 11.5 Å². The van der Waals surface area contributed by atoms with E-state index in [1.54, 1.807) is 6.07 Å². The van der Waals surface area contributed by atoms with Gasteiger partial charge < -0.3 is 10.0 Å². The number of carboxylic acids is 1. The molecule has 1 aliphatic carbocycles. The van der Waals surface area contributed by atoms with Crippen molar-refractivity contribution < 1.29 is 14.3 Å². The minimum atomic E-state index is -1.07. The van der Waals surface area contributed by atoms with Crippen molar-refractivity contribution in [3.63, 3.8) is 0 Å². The predicted molar refractivity (Wildman–Crippen MR) is 96.6 cm³/mol. The largest absolute Gasteiger partial charge is 0.478 e. The van der Waals surface area contributed by atoms with Gasteiger partial charge in [-0.2, -0.15) is 0 Å². The van der Waals surface area contributed by atoms with Gasteiger partial charge in [0.2, 0.25) is 0 Å². The monoisotopic (exact) mass is 341 g/mol. The summed E-state index contributed by atoms with van der Waals surface area (Å²) in [5, 5.41) is 9.45. The Bertz CT molecular complexity index is 772. The maximum Gasteiger partial charge on any atom is 0.336 e. The highest BCUT2D eigenvalue weighted by atomic mass is 19.1. The Morgan fingerprint density at radius 1 is 1.24 bits per heavy atom. The number of carboxylic acid groups (broad SMARTS) is 1. The lowest BCUT2D eigenvalue weighted by Crippen LogP contribution is -2.31. The summed E-state index contributed by atoms with van der Waals surface area (Å²) in [4.78, 5) is 13.7. The number of hydrogen-bond acceptors (Lipinski definition) is 2. The van der Waals surface area contributed by atoms with Crippen LogP contribution in [-0.2, 0) is 12.8 Å². The summed E-state index contributed by atoms with van der Waals surface area (Å²) in [6.45, 7) is 0.961. The topological polar surface area (TPSA) is 40.5 Å². The fourth-order valence-corrected chi connectivity index (χ4v) is 4.05. The molecule has 0 bridgehead atoms. The molecule has 3 rings (SSSR count). The molecule has 4 heteroatoms. The first-order chi connectivity index (χ1) is 12.0. The van der Waals surface area contributed by atoms with E-state index in [4.69, 9.17) is 0 Å². The van der Waals surface area contributed by atoms with Crippen molar-refractivity contribution in [2.24, 2.45) is 5.92 Å². The number of aryl methyl sites for hydroxylation is 1. The molecule has 0 spiro atoms. The number of hydrogen-bond donors (Lipinski definition) is 1. The van der Waals surface area contributed by atoms with Crippen molar-refractivity contribution in [2.45, 2.75) is 25.2 Å². The van der Waals surface area contributed by atoms with Crippen LogP contribution in [0.3, 0.4) is 0 Å². The van der Waals surface area contributed by atoms with Crippen LogP contribution < -0.4 is 0 Å². The molecule has 2 aromatic carbocycles. The number of carbonyl (C=O) groups is 1. The number of fused-ring (bicyclic) bond motifs is 1. The molecule has 1 N–H and O–H groups in total. The van der Waals surface area contributed by atoms with Gasteiger partial charge in [0.1, 0.15) is 5.82 Å². The summed E-state index contributed by atoms with van der Waals surface area (Å²) >= 11 is 0. The summed E-state index contributed by atoms with van der Waals surface area (Å²) in [5.74, 6) is -0.870. The third-order valence-electron chi connectivity index (χ3n) is 5.15. The Labute approximate surface area is 148 Å². The summed E-state index contributed by atoms with van der Waals surface area (Å²) in [7, 11) is 4.14. The Kier molecular flexibility index (Phi) is 5.19. The lowest BCUT2D eigenvalue weighted by molar-refractivity contribution is 0.0694. The SMILES string of the molecule is CN(C)CC1CCc2ccccc2C1Cc1ccc(F)cc1C(=O)O. The number of aromatic carboxylic acids is 1. The Balaban J connectivity index is 1.99. The van der Waals surface area contributed by atoms with Gasteiger partial charge in [-0.3, -0.25) is 0 Å². The highest BCUT2D eigenvalue weighted by Gasteiger charge is 2.30. The Hall–Kier alpha value is -2.20. The number of rotatable bonds is 5. The molecule has 132 valence electrons. The van der Waals surface area contributed by atoms with Crippen molar-refractivity contribution in [1.29, 1.82) is 0 Å². The molecular formula is C21H24FNO2. The highest BCUT2D eigenvalue weighted by molar-refractivity contribution is 5.89. The molecule has 0 saturated heterocycles. The maximum atomic E-state index is 13.5. The summed E-state index contributed by atoms with van der Waals surface area (Å²) in [6.07, 6.45) is 2.77. The molecule has 0 heterocycles. The molecule has 0 radical (unpaired) electrons. The van der Waals surface area contributed by atoms with Gasteiger partial charge in [-0.25, -0.2) is 9.18 Å². The van der Waals surface area contributed by atoms with Gasteiger partial charge >= 0.3 is 5.97 Å². The standard InChI is InChI=1S/C21H24FNO2/c1-23(2)13-16-8-7-14-5-3-4-6-18(14)19(16)11-15-9-10-17(22)12-20(15)21(24)25/h3-6,9-10,12,16,19H,7-8,11,13H2,1-2H3,(H,24,25). The summed E-state index contributed by atoms with van der Waals surface area (Å²) < 4.78 is 13.5. The quantitative estimate of drug-likeness (QED) is 0.894. The van der Waals surface area contributed by atoms with E-state index in [2.05, 4.69) is 37.2 Å². The van der Waals surface area contributed by atoms with Crippen LogP contribution in [0.15, 0.2) is 42.5 Å². The number of nitrogens with zero attached hydrogens (tertiary/aromatic N) is 1. The first-order valence-electron chi connectivity index (χ1n) is 8.70. The molecule has 3 nitrogen and oxygen atoms in total. The van der Waals surface area contributed by atoms with E-state index in [0.717, 1.165) is 25.5 Å². The van der Waals surface area contributed by atoms with Gasteiger partial charge in [0.25, 0.3) is 0 Å². The molecule has 1 aliphatic rings. The van der Waals surface area contributed by atoms with Crippen molar-refractivity contribution in [1.82, 2.24) is 4.90 Å². The second-order valence-electron chi connectivity index (χ2n) is 7.18. The van der Waals surface area contributed by atoms with Gasteiger partial charge in [0.15, 0.2) is 0 Å². The van der Waals surface area contributed by atoms with E-state index in [1.807, 2.05) is 6.07 Å². The zero-order chi connectivity index (χ0) is 18.0. The van der Waals surface area contributed by atoms with Gasteiger partial charge in [0.05, 0.1) is 5.56 Å².